The van der Waals surface area contributed by atoms with E-state index in [-0.39, 0.29) is 17.5 Å². The topological polar surface area (TPSA) is 69.6 Å². The quantitative estimate of drug-likeness (QED) is 0.761. The number of nitrogens with zero attached hydrogens (tertiary/aromatic N) is 1. The summed E-state index contributed by atoms with van der Waals surface area (Å²) in [7, 11) is 1.52. The third-order valence-electron chi connectivity index (χ3n) is 3.27. The van der Waals surface area contributed by atoms with Crippen molar-refractivity contribution in [3.63, 3.8) is 0 Å². The van der Waals surface area contributed by atoms with Crippen LogP contribution in [0.2, 0.25) is 0 Å². The summed E-state index contributed by atoms with van der Waals surface area (Å²) in [5.41, 5.74) is 0.154. The Morgan fingerprint density at radius 3 is 2.38 bits per heavy atom. The van der Waals surface area contributed by atoms with Gasteiger partial charge in [-0.3, -0.25) is 0 Å². The second kappa shape index (κ2) is 4.31. The molecule has 0 spiro atoms. The number of urea groups is 1. The number of amides is 2. The molecule has 1 aliphatic rings. The van der Waals surface area contributed by atoms with Crippen molar-refractivity contribution in [1.82, 2.24) is 10.2 Å². The van der Waals surface area contributed by atoms with Crippen molar-refractivity contribution in [2.24, 2.45) is 5.41 Å². The average molecular weight is 228 g/mol. The lowest BCUT2D eigenvalue weighted by molar-refractivity contribution is -0.141. The predicted molar refractivity (Wildman–Crippen MR) is 60.2 cm³/mol. The molecule has 5 nitrogen and oxygen atoms in total. The Morgan fingerprint density at radius 2 is 2.06 bits per heavy atom. The molecule has 0 aromatic heterocycles. The van der Waals surface area contributed by atoms with E-state index in [0.29, 0.717) is 6.42 Å². The highest BCUT2D eigenvalue weighted by Gasteiger charge is 2.47. The molecule has 0 radical (unpaired) electrons. The second-order valence-corrected chi connectivity index (χ2v) is 5.07. The largest absolute Gasteiger partial charge is 0.480 e. The Morgan fingerprint density at radius 1 is 1.56 bits per heavy atom. The van der Waals surface area contributed by atoms with Gasteiger partial charge in [0.1, 0.15) is 6.04 Å². The fourth-order valence-corrected chi connectivity index (χ4v) is 1.72. The van der Waals surface area contributed by atoms with Gasteiger partial charge in [0.2, 0.25) is 0 Å². The van der Waals surface area contributed by atoms with E-state index in [1.54, 1.807) is 6.92 Å². The molecular formula is C11H20N2O3. The lowest BCUT2D eigenvalue weighted by atomic mass is 10.2. The summed E-state index contributed by atoms with van der Waals surface area (Å²) in [4.78, 5) is 23.9. The first-order valence-electron chi connectivity index (χ1n) is 5.55. The fourth-order valence-electron chi connectivity index (χ4n) is 1.72. The molecule has 1 aliphatic carbocycles. The SMILES string of the molecule is CCC(C(=O)O)N(C)C(=O)NC1CC1(C)C. The first kappa shape index (κ1) is 12.8. The predicted octanol–water partition coefficient (Wildman–Crippen LogP) is 1.29. The number of rotatable bonds is 4. The zero-order chi connectivity index (χ0) is 12.5. The Kier molecular flexibility index (Phi) is 3.45. The number of carbonyl (C=O) groups excluding carboxylic acids is 1. The molecule has 1 saturated carbocycles. The molecule has 2 unspecified atom stereocenters. The van der Waals surface area contributed by atoms with E-state index in [2.05, 4.69) is 19.2 Å². The molecule has 0 aromatic rings. The third kappa shape index (κ3) is 2.65. The summed E-state index contributed by atoms with van der Waals surface area (Å²) in [6.07, 6.45) is 1.36. The molecule has 92 valence electrons. The summed E-state index contributed by atoms with van der Waals surface area (Å²) in [6.45, 7) is 5.91. The number of nitrogens with one attached hydrogen (secondary N) is 1. The van der Waals surface area contributed by atoms with Gasteiger partial charge >= 0.3 is 12.0 Å². The Hall–Kier alpha value is -1.26. The number of carboxylic acid groups (broad SMARTS) is 1. The van der Waals surface area contributed by atoms with Gasteiger partial charge in [0, 0.05) is 13.1 Å². The molecule has 0 aromatic carbocycles. The van der Waals surface area contributed by atoms with E-state index >= 15 is 0 Å². The molecule has 0 bridgehead atoms. The monoisotopic (exact) mass is 228 g/mol. The van der Waals surface area contributed by atoms with Gasteiger partial charge in [0.25, 0.3) is 0 Å². The van der Waals surface area contributed by atoms with Crippen LogP contribution in [0, 0.1) is 5.41 Å². The number of carbonyl (C=O) groups is 2. The van der Waals surface area contributed by atoms with Gasteiger partial charge in [-0.15, -0.1) is 0 Å². The minimum absolute atomic E-state index is 0.154. The molecule has 2 atom stereocenters. The van der Waals surface area contributed by atoms with Gasteiger partial charge in [-0.25, -0.2) is 9.59 Å². The van der Waals surface area contributed by atoms with Crippen LogP contribution in [0.25, 0.3) is 0 Å². The highest BCUT2D eigenvalue weighted by molar-refractivity contribution is 5.82. The van der Waals surface area contributed by atoms with Gasteiger partial charge in [-0.1, -0.05) is 20.8 Å². The van der Waals surface area contributed by atoms with E-state index in [9.17, 15) is 9.59 Å². The van der Waals surface area contributed by atoms with Crippen LogP contribution in [-0.2, 0) is 4.79 Å². The standard InChI is InChI=1S/C11H20N2O3/c1-5-7(9(14)15)13(4)10(16)12-8-6-11(8,2)3/h7-8H,5-6H2,1-4H3,(H,12,16)(H,14,15). The van der Waals surface area contributed by atoms with E-state index in [4.69, 9.17) is 5.11 Å². The molecule has 1 rings (SSSR count). The number of hydrogen-bond acceptors (Lipinski definition) is 2. The Labute approximate surface area is 95.8 Å². The van der Waals surface area contributed by atoms with Crippen molar-refractivity contribution in [2.75, 3.05) is 7.05 Å². The van der Waals surface area contributed by atoms with Crippen molar-refractivity contribution in [2.45, 2.75) is 45.7 Å². The maximum Gasteiger partial charge on any atom is 0.326 e. The smallest absolute Gasteiger partial charge is 0.326 e. The van der Waals surface area contributed by atoms with Gasteiger partial charge in [0.15, 0.2) is 0 Å². The van der Waals surface area contributed by atoms with Crippen LogP contribution >= 0.6 is 0 Å². The maximum absolute atomic E-state index is 11.7. The second-order valence-electron chi connectivity index (χ2n) is 5.07. The maximum atomic E-state index is 11.7. The van der Waals surface area contributed by atoms with Crippen molar-refractivity contribution in [3.05, 3.63) is 0 Å². The number of aliphatic carboxylic acids is 1. The van der Waals surface area contributed by atoms with Crippen LogP contribution < -0.4 is 5.32 Å². The molecule has 5 heteroatoms. The van der Waals surface area contributed by atoms with Crippen molar-refractivity contribution < 1.29 is 14.7 Å². The number of likely N-dealkylation sites (N-methyl/N-ethyl adjacent to an activating group) is 1. The van der Waals surface area contributed by atoms with E-state index in [0.717, 1.165) is 6.42 Å². The first-order chi connectivity index (χ1) is 7.29. The average Bonchev–Trinajstić information content (AvgIpc) is 2.73. The highest BCUT2D eigenvalue weighted by Crippen LogP contribution is 2.44. The van der Waals surface area contributed by atoms with Crippen LogP contribution in [0.1, 0.15) is 33.6 Å². The molecular weight excluding hydrogens is 208 g/mol. The van der Waals surface area contributed by atoms with Gasteiger partial charge in [-0.05, 0) is 18.3 Å². The van der Waals surface area contributed by atoms with E-state index in [1.807, 2.05) is 0 Å². The summed E-state index contributed by atoms with van der Waals surface area (Å²) in [5.74, 6) is -0.963. The summed E-state index contributed by atoms with van der Waals surface area (Å²) in [6, 6.07) is -0.875. The van der Waals surface area contributed by atoms with Crippen LogP contribution in [0.5, 0.6) is 0 Å². The number of carboxylic acids is 1. The fraction of sp³-hybridized carbons (Fsp3) is 0.818. The molecule has 0 saturated heterocycles. The van der Waals surface area contributed by atoms with E-state index in [1.165, 1.54) is 11.9 Å². The molecule has 1 fully saturated rings. The normalized spacial score (nSPS) is 23.4. The van der Waals surface area contributed by atoms with Crippen LogP contribution in [0.3, 0.4) is 0 Å². The van der Waals surface area contributed by atoms with E-state index < -0.39 is 12.0 Å². The molecule has 2 amide bonds. The van der Waals surface area contributed by atoms with Crippen molar-refractivity contribution >= 4 is 12.0 Å². The lowest BCUT2D eigenvalue weighted by Gasteiger charge is -2.24. The van der Waals surface area contributed by atoms with Crippen LogP contribution in [-0.4, -0.2) is 41.1 Å². The Balaban J connectivity index is 2.50. The van der Waals surface area contributed by atoms with Crippen molar-refractivity contribution in [1.29, 1.82) is 0 Å². The molecule has 2 N–H and O–H groups in total. The molecule has 0 heterocycles. The minimum atomic E-state index is -0.963. The summed E-state index contributed by atoms with van der Waals surface area (Å²) in [5, 5.41) is 11.8. The first-order valence-corrected chi connectivity index (χ1v) is 5.55. The summed E-state index contributed by atoms with van der Waals surface area (Å²) >= 11 is 0. The van der Waals surface area contributed by atoms with Crippen LogP contribution in [0.15, 0.2) is 0 Å². The third-order valence-corrected chi connectivity index (χ3v) is 3.27. The minimum Gasteiger partial charge on any atom is -0.480 e. The molecule has 16 heavy (non-hydrogen) atoms. The Bertz CT molecular complexity index is 302. The van der Waals surface area contributed by atoms with Gasteiger partial charge in [0.05, 0.1) is 0 Å². The highest BCUT2D eigenvalue weighted by atomic mass is 16.4. The molecule has 0 aliphatic heterocycles. The van der Waals surface area contributed by atoms with Gasteiger partial charge < -0.3 is 15.3 Å². The summed E-state index contributed by atoms with van der Waals surface area (Å²) < 4.78 is 0. The van der Waals surface area contributed by atoms with Crippen LogP contribution in [0.4, 0.5) is 4.79 Å². The zero-order valence-corrected chi connectivity index (χ0v) is 10.3. The number of hydrogen-bond donors (Lipinski definition) is 2. The van der Waals surface area contributed by atoms with Crippen molar-refractivity contribution in [3.8, 4) is 0 Å². The zero-order valence-electron chi connectivity index (χ0n) is 10.3. The van der Waals surface area contributed by atoms with Gasteiger partial charge in [-0.2, -0.15) is 0 Å². The lowest BCUT2D eigenvalue weighted by Crippen LogP contribution is -2.48.